The number of imide groups is 1. The van der Waals surface area contributed by atoms with Gasteiger partial charge in [0.15, 0.2) is 0 Å². The quantitative estimate of drug-likeness (QED) is 0.746. The number of rotatable bonds is 7. The molecule has 1 N–H and O–H groups in total. The molecule has 2 heterocycles. The van der Waals surface area contributed by atoms with Crippen LogP contribution in [-0.2, 0) is 27.3 Å². The van der Waals surface area contributed by atoms with E-state index in [4.69, 9.17) is 9.47 Å². The zero-order valence-electron chi connectivity index (χ0n) is 15.2. The highest BCUT2D eigenvalue weighted by molar-refractivity contribution is 6.02. The molecular weight excluding hydrogens is 336 g/mol. The van der Waals surface area contributed by atoms with Crippen molar-refractivity contribution in [3.63, 3.8) is 0 Å². The van der Waals surface area contributed by atoms with Crippen LogP contribution in [0.5, 0.6) is 11.5 Å². The number of carbonyl (C=O) groups is 3. The molecule has 0 unspecified atom stereocenters. The first kappa shape index (κ1) is 18.2. The van der Waals surface area contributed by atoms with E-state index in [-0.39, 0.29) is 49.6 Å². The van der Waals surface area contributed by atoms with Crippen molar-refractivity contribution in [2.75, 3.05) is 13.2 Å². The number of benzene rings is 1. The summed E-state index contributed by atoms with van der Waals surface area (Å²) in [5.41, 5.74) is 1.96. The summed E-state index contributed by atoms with van der Waals surface area (Å²) in [6, 6.07) is 3.89. The average molecular weight is 360 g/mol. The van der Waals surface area contributed by atoms with Gasteiger partial charge in [-0.25, -0.2) is 0 Å². The minimum atomic E-state index is -0.213. The van der Waals surface area contributed by atoms with Crippen LogP contribution in [0.3, 0.4) is 0 Å². The number of ether oxygens (including phenoxy) is 2. The third-order valence-electron chi connectivity index (χ3n) is 4.57. The van der Waals surface area contributed by atoms with Crippen molar-refractivity contribution in [1.82, 2.24) is 10.2 Å². The summed E-state index contributed by atoms with van der Waals surface area (Å²) in [7, 11) is 0. The second-order valence-electron chi connectivity index (χ2n) is 6.60. The molecule has 0 bridgehead atoms. The van der Waals surface area contributed by atoms with Gasteiger partial charge in [0.05, 0.1) is 6.61 Å². The van der Waals surface area contributed by atoms with Gasteiger partial charge in [-0.2, -0.15) is 0 Å². The van der Waals surface area contributed by atoms with E-state index in [1.54, 1.807) is 0 Å². The Bertz CT molecular complexity index is 715. The molecule has 1 aromatic carbocycles. The van der Waals surface area contributed by atoms with Gasteiger partial charge in [0, 0.05) is 49.9 Å². The minimum Gasteiger partial charge on any atom is -0.494 e. The van der Waals surface area contributed by atoms with Crippen LogP contribution in [0.2, 0.25) is 0 Å². The molecule has 0 aromatic heterocycles. The predicted molar refractivity (Wildman–Crippen MR) is 93.8 cm³/mol. The summed E-state index contributed by atoms with van der Waals surface area (Å²) in [6.07, 6.45) is 1.57. The summed E-state index contributed by atoms with van der Waals surface area (Å²) in [6.45, 7) is 4.91. The van der Waals surface area contributed by atoms with Gasteiger partial charge in [-0.1, -0.05) is 0 Å². The molecule has 1 saturated heterocycles. The van der Waals surface area contributed by atoms with Gasteiger partial charge in [0.1, 0.15) is 17.6 Å². The number of fused-ring (bicyclic) bond motifs is 1. The van der Waals surface area contributed by atoms with E-state index < -0.39 is 0 Å². The Morgan fingerprint density at radius 1 is 1.31 bits per heavy atom. The maximum Gasteiger partial charge on any atom is 0.229 e. The fourth-order valence-electron chi connectivity index (χ4n) is 3.28. The van der Waals surface area contributed by atoms with Crippen molar-refractivity contribution in [1.29, 1.82) is 0 Å². The molecule has 0 aliphatic carbocycles. The molecule has 1 fully saturated rings. The second-order valence-corrected chi connectivity index (χ2v) is 6.60. The molecule has 0 spiro atoms. The zero-order chi connectivity index (χ0) is 18.7. The monoisotopic (exact) mass is 360 g/mol. The number of nitrogens with one attached hydrogen (secondary N) is 1. The average Bonchev–Trinajstić information content (AvgIpc) is 3.12. The molecular formula is C19H24N2O5. The third-order valence-corrected chi connectivity index (χ3v) is 4.57. The first-order valence-corrected chi connectivity index (χ1v) is 9.03. The van der Waals surface area contributed by atoms with Gasteiger partial charge < -0.3 is 14.8 Å². The predicted octanol–water partition coefficient (Wildman–Crippen LogP) is 1.56. The van der Waals surface area contributed by atoms with E-state index in [1.165, 1.54) is 0 Å². The van der Waals surface area contributed by atoms with E-state index in [9.17, 15) is 14.4 Å². The van der Waals surface area contributed by atoms with E-state index in [1.807, 2.05) is 26.0 Å². The zero-order valence-corrected chi connectivity index (χ0v) is 15.2. The lowest BCUT2D eigenvalue weighted by Crippen LogP contribution is -2.34. The van der Waals surface area contributed by atoms with Gasteiger partial charge in [-0.3, -0.25) is 19.3 Å². The molecule has 7 heteroatoms. The van der Waals surface area contributed by atoms with Crippen LogP contribution in [0, 0.1) is 0 Å². The summed E-state index contributed by atoms with van der Waals surface area (Å²) in [5.74, 6) is 0.958. The fourth-order valence-corrected chi connectivity index (χ4v) is 3.28. The Kier molecular flexibility index (Phi) is 5.44. The Morgan fingerprint density at radius 2 is 2.04 bits per heavy atom. The number of amides is 3. The van der Waals surface area contributed by atoms with E-state index >= 15 is 0 Å². The molecule has 7 nitrogen and oxygen atoms in total. The van der Waals surface area contributed by atoms with Gasteiger partial charge in [0.2, 0.25) is 17.7 Å². The molecule has 3 amide bonds. The molecule has 2 aliphatic rings. The first-order valence-electron chi connectivity index (χ1n) is 9.03. The maximum atomic E-state index is 12.1. The van der Waals surface area contributed by atoms with Crippen LogP contribution < -0.4 is 14.8 Å². The number of hydrogen-bond donors (Lipinski definition) is 1. The summed E-state index contributed by atoms with van der Waals surface area (Å²) in [5, 5.41) is 2.83. The number of likely N-dealkylation sites (tertiary alicyclic amines) is 1. The third kappa shape index (κ3) is 3.98. The van der Waals surface area contributed by atoms with Crippen LogP contribution in [0.15, 0.2) is 12.1 Å². The largest absolute Gasteiger partial charge is 0.494 e. The van der Waals surface area contributed by atoms with Crippen LogP contribution in [0.25, 0.3) is 0 Å². The van der Waals surface area contributed by atoms with Crippen molar-refractivity contribution < 1.29 is 23.9 Å². The lowest BCUT2D eigenvalue weighted by Gasteiger charge is -2.15. The highest BCUT2D eigenvalue weighted by Gasteiger charge is 2.28. The van der Waals surface area contributed by atoms with E-state index in [2.05, 4.69) is 5.32 Å². The normalized spacial score (nSPS) is 18.7. The van der Waals surface area contributed by atoms with E-state index in [0.29, 0.717) is 13.2 Å². The Hall–Kier alpha value is -2.57. The molecule has 1 atom stereocenters. The number of nitrogens with zero attached hydrogens (tertiary/aromatic N) is 1. The molecule has 0 saturated carbocycles. The van der Waals surface area contributed by atoms with Crippen LogP contribution in [0.1, 0.15) is 44.2 Å². The first-order chi connectivity index (χ1) is 12.5. The van der Waals surface area contributed by atoms with Crippen LogP contribution in [-0.4, -0.2) is 41.9 Å². The topological polar surface area (TPSA) is 84.9 Å². The lowest BCUT2D eigenvalue weighted by molar-refractivity contribution is -0.138. The summed E-state index contributed by atoms with van der Waals surface area (Å²) >= 11 is 0. The van der Waals surface area contributed by atoms with Gasteiger partial charge >= 0.3 is 0 Å². The molecule has 140 valence electrons. The Morgan fingerprint density at radius 3 is 2.73 bits per heavy atom. The molecule has 3 rings (SSSR count). The Balaban J connectivity index is 1.58. The minimum absolute atomic E-state index is 0.0971. The summed E-state index contributed by atoms with van der Waals surface area (Å²) in [4.78, 5) is 36.4. The highest BCUT2D eigenvalue weighted by Crippen LogP contribution is 2.35. The number of hydrogen-bond acceptors (Lipinski definition) is 5. The smallest absolute Gasteiger partial charge is 0.229 e. The maximum absolute atomic E-state index is 12.1. The van der Waals surface area contributed by atoms with Crippen LogP contribution in [0.4, 0.5) is 0 Å². The van der Waals surface area contributed by atoms with Gasteiger partial charge in [0.25, 0.3) is 0 Å². The standard InChI is InChI=1S/C19H24N2O5/c1-3-25-15-9-13-8-12(2)26-16(13)10-14(15)11-20-17(22)6-7-21-18(23)4-5-19(21)24/h9-10,12H,3-8,11H2,1-2H3,(H,20,22)/t12-/m0/s1. The van der Waals surface area contributed by atoms with E-state index in [0.717, 1.165) is 33.9 Å². The lowest BCUT2D eigenvalue weighted by atomic mass is 10.1. The molecule has 0 radical (unpaired) electrons. The fraction of sp³-hybridized carbons (Fsp3) is 0.526. The number of carbonyl (C=O) groups excluding carboxylic acids is 3. The van der Waals surface area contributed by atoms with Crippen molar-refractivity contribution in [2.24, 2.45) is 0 Å². The van der Waals surface area contributed by atoms with Gasteiger partial charge in [-0.05, 0) is 26.0 Å². The van der Waals surface area contributed by atoms with Crippen molar-refractivity contribution in [3.8, 4) is 11.5 Å². The van der Waals surface area contributed by atoms with Crippen molar-refractivity contribution in [3.05, 3.63) is 23.3 Å². The molecule has 2 aliphatic heterocycles. The van der Waals surface area contributed by atoms with Gasteiger partial charge in [-0.15, -0.1) is 0 Å². The molecule has 1 aromatic rings. The van der Waals surface area contributed by atoms with Crippen molar-refractivity contribution >= 4 is 17.7 Å². The van der Waals surface area contributed by atoms with Crippen molar-refractivity contribution in [2.45, 2.75) is 52.2 Å². The highest BCUT2D eigenvalue weighted by atomic mass is 16.5. The van der Waals surface area contributed by atoms with Crippen LogP contribution >= 0.6 is 0 Å². The molecule has 26 heavy (non-hydrogen) atoms. The summed E-state index contributed by atoms with van der Waals surface area (Å²) < 4.78 is 11.5. The Labute approximate surface area is 152 Å². The second kappa shape index (κ2) is 7.76. The SMILES string of the molecule is CCOc1cc2c(cc1CNC(=O)CCN1C(=O)CCC1=O)O[C@@H](C)C2.